The number of alkyl halides is 1. The molecular weight excluding hydrogens is 264 g/mol. The van der Waals surface area contributed by atoms with Crippen LogP contribution >= 0.6 is 0 Å². The second-order valence-electron chi connectivity index (χ2n) is 5.46. The van der Waals surface area contributed by atoms with E-state index in [9.17, 15) is 13.6 Å². The van der Waals surface area contributed by atoms with Crippen molar-refractivity contribution in [3.8, 4) is 0 Å². The number of hydrogen-bond acceptors (Lipinski definition) is 2. The number of hydrogen-bond donors (Lipinski definition) is 1. The summed E-state index contributed by atoms with van der Waals surface area (Å²) < 4.78 is 31.1. The quantitative estimate of drug-likeness (QED) is 0.847. The first-order valence-electron chi connectivity index (χ1n) is 6.22. The topological polar surface area (TPSA) is 38.3 Å². The van der Waals surface area contributed by atoms with Gasteiger partial charge in [-0.05, 0) is 56.2 Å². The fraction of sp³-hybridized carbons (Fsp3) is 0.400. The van der Waals surface area contributed by atoms with E-state index < -0.39 is 30.2 Å². The monoisotopic (exact) mass is 283 g/mol. The molecule has 0 bridgehead atoms. The van der Waals surface area contributed by atoms with Gasteiger partial charge in [-0.3, -0.25) is 0 Å². The van der Waals surface area contributed by atoms with Gasteiger partial charge < -0.3 is 10.1 Å². The first-order chi connectivity index (χ1) is 9.25. The van der Waals surface area contributed by atoms with Gasteiger partial charge in [-0.1, -0.05) is 6.58 Å². The van der Waals surface area contributed by atoms with Crippen molar-refractivity contribution in [3.63, 3.8) is 0 Å². The molecule has 1 amide bonds. The first-order valence-corrected chi connectivity index (χ1v) is 6.22. The predicted molar refractivity (Wildman–Crippen MR) is 73.5 cm³/mol. The molecule has 0 unspecified atom stereocenters. The van der Waals surface area contributed by atoms with Crippen LogP contribution in [0.2, 0.25) is 0 Å². The molecule has 1 aromatic carbocycles. The molecule has 0 saturated heterocycles. The summed E-state index contributed by atoms with van der Waals surface area (Å²) >= 11 is 0. The van der Waals surface area contributed by atoms with Gasteiger partial charge in [0.15, 0.2) is 0 Å². The minimum Gasteiger partial charge on any atom is -0.437 e. The molecule has 20 heavy (non-hydrogen) atoms. The molecule has 0 radical (unpaired) electrons. The Morgan fingerprint density at radius 2 is 2.10 bits per heavy atom. The Kier molecular flexibility index (Phi) is 5.25. The van der Waals surface area contributed by atoms with E-state index in [2.05, 4.69) is 11.9 Å². The van der Waals surface area contributed by atoms with Crippen LogP contribution in [0.1, 0.15) is 38.0 Å². The third kappa shape index (κ3) is 4.99. The molecule has 0 fully saturated rings. The van der Waals surface area contributed by atoms with Crippen molar-refractivity contribution in [1.82, 2.24) is 5.32 Å². The van der Waals surface area contributed by atoms with E-state index in [-0.39, 0.29) is 5.56 Å². The van der Waals surface area contributed by atoms with Gasteiger partial charge in [0.05, 0.1) is 0 Å². The molecule has 1 N–H and O–H groups in total. The summed E-state index contributed by atoms with van der Waals surface area (Å²) in [6.07, 6.45) is -0.120. The standard InChI is InChI=1S/C15H19F2NO2/c1-5-13(20-14(19)18-15(2,3)4)11-6-10(9-16)7-12(17)8-11/h5-8,13H,1,9H2,2-4H3,(H,18,19)/t13-/m1/s1. The summed E-state index contributed by atoms with van der Waals surface area (Å²) in [5.74, 6) is -0.582. The number of carbonyl (C=O) groups excluding carboxylic acids is 1. The lowest BCUT2D eigenvalue weighted by atomic mass is 10.1. The van der Waals surface area contributed by atoms with Crippen LogP contribution in [0.5, 0.6) is 0 Å². The fourth-order valence-corrected chi connectivity index (χ4v) is 1.62. The van der Waals surface area contributed by atoms with Crippen molar-refractivity contribution in [2.24, 2.45) is 0 Å². The number of ether oxygens (including phenoxy) is 1. The van der Waals surface area contributed by atoms with Crippen LogP contribution in [0, 0.1) is 5.82 Å². The molecule has 110 valence electrons. The number of carbonyl (C=O) groups is 1. The van der Waals surface area contributed by atoms with E-state index >= 15 is 0 Å². The van der Waals surface area contributed by atoms with Crippen LogP contribution in [-0.2, 0) is 11.4 Å². The summed E-state index contributed by atoms with van der Waals surface area (Å²) in [7, 11) is 0. The largest absolute Gasteiger partial charge is 0.437 e. The van der Waals surface area contributed by atoms with Crippen molar-refractivity contribution in [2.45, 2.75) is 39.1 Å². The molecule has 0 heterocycles. The normalized spacial score (nSPS) is 12.7. The van der Waals surface area contributed by atoms with Crippen LogP contribution in [0.25, 0.3) is 0 Å². The van der Waals surface area contributed by atoms with Gasteiger partial charge in [0, 0.05) is 5.54 Å². The van der Waals surface area contributed by atoms with Gasteiger partial charge in [0.1, 0.15) is 18.6 Å². The Morgan fingerprint density at radius 1 is 1.45 bits per heavy atom. The molecule has 0 aliphatic heterocycles. The van der Waals surface area contributed by atoms with E-state index in [0.717, 1.165) is 6.07 Å². The summed E-state index contributed by atoms with van der Waals surface area (Å²) in [5, 5.41) is 2.62. The lowest BCUT2D eigenvalue weighted by molar-refractivity contribution is 0.112. The maximum atomic E-state index is 13.4. The number of nitrogens with one attached hydrogen (secondary N) is 1. The zero-order valence-corrected chi connectivity index (χ0v) is 11.9. The second-order valence-corrected chi connectivity index (χ2v) is 5.46. The van der Waals surface area contributed by atoms with Gasteiger partial charge in [0.25, 0.3) is 0 Å². The Bertz CT molecular complexity index is 495. The second kappa shape index (κ2) is 6.50. The SMILES string of the molecule is C=C[C@@H](OC(=O)NC(C)(C)C)c1cc(F)cc(CF)c1. The highest BCUT2D eigenvalue weighted by Gasteiger charge is 2.19. The Morgan fingerprint density at radius 3 is 2.60 bits per heavy atom. The smallest absolute Gasteiger partial charge is 0.408 e. The fourth-order valence-electron chi connectivity index (χ4n) is 1.62. The van der Waals surface area contributed by atoms with Gasteiger partial charge in [-0.2, -0.15) is 0 Å². The molecule has 0 spiro atoms. The van der Waals surface area contributed by atoms with Crippen molar-refractivity contribution in [2.75, 3.05) is 0 Å². The molecule has 1 aromatic rings. The van der Waals surface area contributed by atoms with Crippen LogP contribution in [0.4, 0.5) is 13.6 Å². The number of amides is 1. The van der Waals surface area contributed by atoms with E-state index in [1.807, 2.05) is 0 Å². The van der Waals surface area contributed by atoms with Crippen molar-refractivity contribution in [3.05, 3.63) is 47.8 Å². The summed E-state index contributed by atoms with van der Waals surface area (Å²) in [6.45, 7) is 8.18. The van der Waals surface area contributed by atoms with Crippen LogP contribution in [-0.4, -0.2) is 11.6 Å². The van der Waals surface area contributed by atoms with Crippen molar-refractivity contribution in [1.29, 1.82) is 0 Å². The zero-order valence-electron chi connectivity index (χ0n) is 11.9. The molecule has 0 aromatic heterocycles. The molecule has 0 saturated carbocycles. The summed E-state index contributed by atoms with van der Waals surface area (Å²) in [6, 6.07) is 3.73. The van der Waals surface area contributed by atoms with E-state index in [1.54, 1.807) is 20.8 Å². The zero-order chi connectivity index (χ0) is 15.3. The third-order valence-corrected chi connectivity index (χ3v) is 2.39. The average Bonchev–Trinajstić information content (AvgIpc) is 2.32. The van der Waals surface area contributed by atoms with Crippen LogP contribution in [0.15, 0.2) is 30.9 Å². The highest BCUT2D eigenvalue weighted by atomic mass is 19.1. The van der Waals surface area contributed by atoms with Gasteiger partial charge in [-0.15, -0.1) is 0 Å². The highest BCUT2D eigenvalue weighted by molar-refractivity contribution is 5.68. The molecule has 1 atom stereocenters. The maximum absolute atomic E-state index is 13.4. The Hall–Kier alpha value is -1.91. The van der Waals surface area contributed by atoms with Gasteiger partial charge >= 0.3 is 6.09 Å². The van der Waals surface area contributed by atoms with Crippen molar-refractivity contribution < 1.29 is 18.3 Å². The number of benzene rings is 1. The van der Waals surface area contributed by atoms with Crippen LogP contribution in [0.3, 0.4) is 0 Å². The third-order valence-electron chi connectivity index (χ3n) is 2.39. The minimum absolute atomic E-state index is 0.187. The molecule has 1 rings (SSSR count). The number of rotatable bonds is 4. The van der Waals surface area contributed by atoms with E-state index in [1.165, 1.54) is 18.2 Å². The van der Waals surface area contributed by atoms with Gasteiger partial charge in [0.2, 0.25) is 0 Å². The van der Waals surface area contributed by atoms with Gasteiger partial charge in [-0.25, -0.2) is 13.6 Å². The summed E-state index contributed by atoms with van der Waals surface area (Å²) in [4.78, 5) is 11.7. The number of halogens is 2. The predicted octanol–water partition coefficient (Wildman–Crippen LogP) is 4.05. The lowest BCUT2D eigenvalue weighted by Gasteiger charge is -2.22. The van der Waals surface area contributed by atoms with E-state index in [0.29, 0.717) is 5.56 Å². The summed E-state index contributed by atoms with van der Waals surface area (Å²) in [5.41, 5.74) is 0.0814. The van der Waals surface area contributed by atoms with Crippen LogP contribution < -0.4 is 5.32 Å². The molecule has 5 heteroatoms. The lowest BCUT2D eigenvalue weighted by Crippen LogP contribution is -2.41. The molecular formula is C15H19F2NO2. The van der Waals surface area contributed by atoms with Crippen molar-refractivity contribution >= 4 is 6.09 Å². The molecule has 3 nitrogen and oxygen atoms in total. The maximum Gasteiger partial charge on any atom is 0.408 e. The Balaban J connectivity index is 2.88. The number of alkyl carbamates (subject to hydrolysis) is 1. The molecule has 0 aliphatic carbocycles. The molecule has 0 aliphatic rings. The Labute approximate surface area is 117 Å². The van der Waals surface area contributed by atoms with E-state index in [4.69, 9.17) is 4.74 Å². The minimum atomic E-state index is -0.835. The average molecular weight is 283 g/mol. The first kappa shape index (κ1) is 16.1. The highest BCUT2D eigenvalue weighted by Crippen LogP contribution is 2.22.